The van der Waals surface area contributed by atoms with Crippen LogP contribution in [0.5, 0.6) is 0 Å². The molecule has 0 aromatic heterocycles. The summed E-state index contributed by atoms with van der Waals surface area (Å²) in [6, 6.07) is 0. The molecule has 0 bridgehead atoms. The Hall–Kier alpha value is -1.44. The van der Waals surface area contributed by atoms with Crippen LogP contribution in [0.1, 0.15) is 106 Å². The molecule has 1 saturated heterocycles. The lowest BCUT2D eigenvalue weighted by atomic mass is 9.43. The third-order valence-electron chi connectivity index (χ3n) is 13.8. The molecule has 2 aliphatic heterocycles. The molecule has 7 heteroatoms. The Morgan fingerprint density at radius 2 is 1.82 bits per heavy atom. The molecule has 0 amide bonds. The Kier molecular flexibility index (Phi) is 5.57. The van der Waals surface area contributed by atoms with Gasteiger partial charge in [-0.2, -0.15) is 0 Å². The van der Waals surface area contributed by atoms with E-state index in [2.05, 4.69) is 26.8 Å². The van der Waals surface area contributed by atoms with E-state index >= 15 is 0 Å². The number of carbonyl (C=O) groups is 1. The zero-order valence-corrected chi connectivity index (χ0v) is 25.5. The van der Waals surface area contributed by atoms with Gasteiger partial charge in [0.25, 0.3) is 0 Å². The molecule has 0 aromatic carbocycles. The lowest BCUT2D eigenvalue weighted by Crippen LogP contribution is -2.59. The van der Waals surface area contributed by atoms with Crippen LogP contribution in [0.4, 0.5) is 0 Å². The van der Waals surface area contributed by atoms with Crippen LogP contribution in [-0.4, -0.2) is 57.8 Å². The van der Waals surface area contributed by atoms with Crippen molar-refractivity contribution in [3.8, 4) is 0 Å². The van der Waals surface area contributed by atoms with Crippen LogP contribution in [0.25, 0.3) is 0 Å². The van der Waals surface area contributed by atoms with E-state index in [0.29, 0.717) is 35.0 Å². The first-order chi connectivity index (χ1) is 18.7. The van der Waals surface area contributed by atoms with Crippen molar-refractivity contribution in [2.75, 3.05) is 0 Å². The number of allylic oxidation sites excluding steroid dienone is 1. The number of carbonyl (C=O) groups excluding carboxylic acids is 1. The largest absolute Gasteiger partial charge is 0.472 e. The van der Waals surface area contributed by atoms with Crippen molar-refractivity contribution >= 4 is 11.9 Å². The smallest absolute Gasteiger partial charge is 0.303 e. The Balaban J connectivity index is 1.29. The average molecular weight is 556 g/mol. The summed E-state index contributed by atoms with van der Waals surface area (Å²) in [6.07, 6.45) is 10.0. The third kappa shape index (κ3) is 3.03. The summed E-state index contributed by atoms with van der Waals surface area (Å²) in [7, 11) is 0. The maximum absolute atomic E-state index is 12.1. The Morgan fingerprint density at radius 3 is 2.50 bits per heavy atom. The second-order valence-corrected chi connectivity index (χ2v) is 15.6. The number of hydrogen-bond acceptors (Lipinski definition) is 7. The molecule has 7 nitrogen and oxygen atoms in total. The predicted octanol–water partition coefficient (Wildman–Crippen LogP) is 5.32. The van der Waals surface area contributed by atoms with Gasteiger partial charge < -0.3 is 24.4 Å². The summed E-state index contributed by atoms with van der Waals surface area (Å²) in [5.74, 6) is 1.48. The normalized spacial score (nSPS) is 54.0. The van der Waals surface area contributed by atoms with Gasteiger partial charge in [0.15, 0.2) is 18.1 Å². The third-order valence-corrected chi connectivity index (χ3v) is 13.8. The molecule has 5 aliphatic carbocycles. The highest BCUT2D eigenvalue weighted by Crippen LogP contribution is 2.89. The number of aliphatic imine (C=N–C) groups is 1. The Bertz CT molecular complexity index is 1190. The van der Waals surface area contributed by atoms with Gasteiger partial charge in [0.05, 0.1) is 11.7 Å². The number of aliphatic hydroxyl groups is 2. The minimum Gasteiger partial charge on any atom is -0.472 e. The van der Waals surface area contributed by atoms with Gasteiger partial charge in [0, 0.05) is 25.2 Å². The molecule has 2 heterocycles. The molecule has 0 aromatic rings. The number of aliphatic hydroxyl groups excluding tert-OH is 1. The number of ether oxygens (including phenoxy) is 3. The number of esters is 1. The first-order valence-electron chi connectivity index (χ1n) is 15.8. The molecular formula is C33H49NO6. The van der Waals surface area contributed by atoms with Gasteiger partial charge in [-0.25, -0.2) is 4.99 Å². The van der Waals surface area contributed by atoms with Crippen molar-refractivity contribution < 1.29 is 29.2 Å². The monoisotopic (exact) mass is 555 g/mol. The van der Waals surface area contributed by atoms with Crippen LogP contribution in [0.3, 0.4) is 0 Å². The SMILES string of the molecule is C/C=C1\C(O)CCC23CC24CCC2(C)[C@H]5CCC([C@H](OC(C)=O)C(C)(C)O)OC56N=C(C)OC6[C@@]2(C)C4CC[C@@H]13. The van der Waals surface area contributed by atoms with E-state index in [-0.39, 0.29) is 29.0 Å². The highest BCUT2D eigenvalue weighted by atomic mass is 16.6. The fraction of sp³-hybridized carbons (Fsp3) is 0.879. The van der Waals surface area contributed by atoms with Crippen molar-refractivity contribution in [1.82, 2.24) is 0 Å². The number of rotatable bonds is 3. The topological polar surface area (TPSA) is 97.6 Å². The van der Waals surface area contributed by atoms with Gasteiger partial charge in [-0.3, -0.25) is 4.79 Å². The molecule has 7 rings (SSSR count). The highest BCUT2D eigenvalue weighted by molar-refractivity contribution is 5.76. The van der Waals surface area contributed by atoms with Crippen LogP contribution in [0.2, 0.25) is 0 Å². The molecule has 40 heavy (non-hydrogen) atoms. The lowest BCUT2D eigenvalue weighted by molar-refractivity contribution is -0.236. The number of hydrogen-bond donors (Lipinski definition) is 2. The summed E-state index contributed by atoms with van der Waals surface area (Å²) in [5.41, 5.74) is -0.308. The van der Waals surface area contributed by atoms with Gasteiger partial charge in [-0.05, 0) is 112 Å². The minimum atomic E-state index is -1.24. The highest BCUT2D eigenvalue weighted by Gasteiger charge is 2.87. The minimum absolute atomic E-state index is 0.00262. The lowest BCUT2D eigenvalue weighted by Gasteiger charge is -2.61. The molecule has 222 valence electrons. The molecule has 12 atom stereocenters. The zero-order chi connectivity index (χ0) is 28.7. The van der Waals surface area contributed by atoms with Crippen molar-refractivity contribution in [3.05, 3.63) is 11.6 Å². The predicted molar refractivity (Wildman–Crippen MR) is 150 cm³/mol. The summed E-state index contributed by atoms with van der Waals surface area (Å²) < 4.78 is 19.6. The molecular weight excluding hydrogens is 506 g/mol. The van der Waals surface area contributed by atoms with E-state index in [1.807, 2.05) is 6.92 Å². The second-order valence-electron chi connectivity index (χ2n) is 15.6. The van der Waals surface area contributed by atoms with E-state index in [1.54, 1.807) is 13.8 Å². The average Bonchev–Trinajstić information content (AvgIpc) is 3.39. The first-order valence-corrected chi connectivity index (χ1v) is 15.8. The standard InChI is InChI=1S/C33H49NO6/c1-8-20-21-9-11-25-30(7)27-33(34-18(2)38-27)24(12-10-23(40-33)26(28(4,5)37)39-19(3)35)29(30,6)15-16-32(25)17-31(21,32)14-13-22(20)36/h8,21-27,36-37H,9-17H2,1-7H3/b20-8-/t21-,22?,23?,24+,25?,26-,27?,29?,30+,31?,32?,33?/m0/s1. The Labute approximate surface area is 239 Å². The molecule has 3 spiro atoms. The number of nitrogens with zero attached hydrogens (tertiary/aromatic N) is 1. The van der Waals surface area contributed by atoms with Crippen LogP contribution < -0.4 is 0 Å². The van der Waals surface area contributed by atoms with Crippen LogP contribution in [-0.2, 0) is 19.0 Å². The molecule has 6 fully saturated rings. The van der Waals surface area contributed by atoms with Gasteiger partial charge in [0.1, 0.15) is 6.10 Å². The van der Waals surface area contributed by atoms with Gasteiger partial charge in [-0.1, -0.05) is 19.9 Å². The maximum Gasteiger partial charge on any atom is 0.303 e. The van der Waals surface area contributed by atoms with Crippen molar-refractivity contribution in [3.63, 3.8) is 0 Å². The summed E-state index contributed by atoms with van der Waals surface area (Å²) in [6.45, 7) is 13.8. The second kappa shape index (κ2) is 8.13. The van der Waals surface area contributed by atoms with Crippen LogP contribution in [0, 0.1) is 39.4 Å². The molecule has 0 radical (unpaired) electrons. The Morgan fingerprint density at radius 1 is 1.10 bits per heavy atom. The summed E-state index contributed by atoms with van der Waals surface area (Å²) in [5, 5.41) is 21.9. The fourth-order valence-electron chi connectivity index (χ4n) is 12.3. The van der Waals surface area contributed by atoms with Crippen molar-refractivity contribution in [2.24, 2.45) is 44.4 Å². The molecule has 2 N–H and O–H groups in total. The summed E-state index contributed by atoms with van der Waals surface area (Å²) in [4.78, 5) is 17.3. The summed E-state index contributed by atoms with van der Waals surface area (Å²) >= 11 is 0. The maximum atomic E-state index is 12.1. The molecule has 7 aliphatic rings. The van der Waals surface area contributed by atoms with E-state index in [9.17, 15) is 15.0 Å². The first kappa shape index (κ1) is 27.4. The number of fused-ring (bicyclic) bond motifs is 4. The van der Waals surface area contributed by atoms with E-state index in [1.165, 1.54) is 25.3 Å². The van der Waals surface area contributed by atoms with Gasteiger partial charge in [-0.15, -0.1) is 0 Å². The van der Waals surface area contributed by atoms with E-state index in [4.69, 9.17) is 19.2 Å². The van der Waals surface area contributed by atoms with Crippen molar-refractivity contribution in [2.45, 2.75) is 142 Å². The van der Waals surface area contributed by atoms with Crippen LogP contribution >= 0.6 is 0 Å². The van der Waals surface area contributed by atoms with Crippen molar-refractivity contribution in [1.29, 1.82) is 0 Å². The quantitative estimate of drug-likeness (QED) is 0.361. The van der Waals surface area contributed by atoms with Gasteiger partial charge in [0.2, 0.25) is 5.72 Å². The van der Waals surface area contributed by atoms with E-state index < -0.39 is 29.5 Å². The van der Waals surface area contributed by atoms with E-state index in [0.717, 1.165) is 38.5 Å². The zero-order valence-electron chi connectivity index (χ0n) is 25.5. The molecule has 5 saturated carbocycles. The fourth-order valence-corrected chi connectivity index (χ4v) is 12.3. The van der Waals surface area contributed by atoms with Crippen LogP contribution in [0.15, 0.2) is 16.6 Å². The van der Waals surface area contributed by atoms with Gasteiger partial charge >= 0.3 is 5.97 Å². The molecule has 8 unspecified atom stereocenters.